The molecule has 0 aliphatic carbocycles. The van der Waals surface area contributed by atoms with Gasteiger partial charge in [0.15, 0.2) is 10.4 Å². The minimum absolute atomic E-state index is 0.0403. The highest BCUT2D eigenvalue weighted by atomic mass is 79.9. The number of anilines is 1. The molecule has 0 unspecified atom stereocenters. The van der Waals surface area contributed by atoms with Gasteiger partial charge in [0.2, 0.25) is 5.91 Å². The van der Waals surface area contributed by atoms with Gasteiger partial charge in [-0.15, -0.1) is 6.58 Å². The molecule has 1 N–H and O–H groups in total. The van der Waals surface area contributed by atoms with Gasteiger partial charge in [-0.05, 0) is 63.5 Å². The highest BCUT2D eigenvalue weighted by Crippen LogP contribution is 2.17. The van der Waals surface area contributed by atoms with Crippen LogP contribution in [-0.2, 0) is 17.8 Å². The fourth-order valence-corrected chi connectivity index (χ4v) is 3.24. The van der Waals surface area contributed by atoms with Crippen LogP contribution in [0.4, 0.5) is 5.69 Å². The van der Waals surface area contributed by atoms with Crippen LogP contribution in [0.15, 0.2) is 82.4 Å². The molecule has 0 spiro atoms. The van der Waals surface area contributed by atoms with Crippen LogP contribution in [0.5, 0.6) is 0 Å². The summed E-state index contributed by atoms with van der Waals surface area (Å²) in [5.41, 5.74) is 2.96. The summed E-state index contributed by atoms with van der Waals surface area (Å²) in [6.07, 6.45) is 1.91. The largest absolute Gasteiger partial charge is 0.444 e. The first-order valence-electron chi connectivity index (χ1n) is 9.52. The first kappa shape index (κ1) is 22.1. The number of furan rings is 1. The highest BCUT2D eigenvalue weighted by Gasteiger charge is 2.14. The summed E-state index contributed by atoms with van der Waals surface area (Å²) in [6.45, 7) is 4.59. The molecule has 3 rings (SSSR count). The Morgan fingerprint density at radius 3 is 2.32 bits per heavy atom. The molecule has 156 valence electrons. The average Bonchev–Trinajstić information content (AvgIpc) is 3.22. The van der Waals surface area contributed by atoms with Gasteiger partial charge in [-0.25, -0.2) is 0 Å². The van der Waals surface area contributed by atoms with E-state index in [1.807, 2.05) is 12.1 Å². The van der Waals surface area contributed by atoms with Gasteiger partial charge in [-0.1, -0.05) is 30.3 Å². The van der Waals surface area contributed by atoms with Crippen LogP contribution in [0.2, 0.25) is 0 Å². The number of hydrogen-bond donors (Lipinski definition) is 1. The van der Waals surface area contributed by atoms with Crippen LogP contribution in [0.3, 0.4) is 0 Å². The molecule has 3 aromatic rings. The molecule has 0 radical (unpaired) electrons. The van der Waals surface area contributed by atoms with Gasteiger partial charge in [-0.3, -0.25) is 9.59 Å². The molecule has 0 atom stereocenters. The summed E-state index contributed by atoms with van der Waals surface area (Å²) in [5, 5.41) is 11.7. The lowest BCUT2D eigenvalue weighted by atomic mass is 10.1. The third-order valence-electron chi connectivity index (χ3n) is 4.52. The lowest BCUT2D eigenvalue weighted by Crippen LogP contribution is -2.32. The SMILES string of the molecule is C=CCN(Cc1ccc(C#N)cc1)C(=O)Cc1ccc(NC(=O)c2ccc(Br)o2)cc1. The number of nitrogens with one attached hydrogen (secondary N) is 1. The van der Waals surface area contributed by atoms with Crippen molar-refractivity contribution in [2.24, 2.45) is 0 Å². The second-order valence-electron chi connectivity index (χ2n) is 6.80. The van der Waals surface area contributed by atoms with E-state index < -0.39 is 0 Å². The third-order valence-corrected chi connectivity index (χ3v) is 4.95. The summed E-state index contributed by atoms with van der Waals surface area (Å²) in [5.74, 6) is -0.190. The number of hydrogen-bond acceptors (Lipinski definition) is 4. The summed E-state index contributed by atoms with van der Waals surface area (Å²) >= 11 is 3.17. The Balaban J connectivity index is 1.61. The predicted octanol–water partition coefficient (Wildman–Crippen LogP) is 4.92. The van der Waals surface area contributed by atoms with E-state index in [0.717, 1.165) is 11.1 Å². The van der Waals surface area contributed by atoms with Crippen molar-refractivity contribution in [1.82, 2.24) is 4.90 Å². The average molecular weight is 478 g/mol. The summed E-state index contributed by atoms with van der Waals surface area (Å²) in [7, 11) is 0. The Labute approximate surface area is 188 Å². The molecule has 0 fully saturated rings. The number of carbonyl (C=O) groups excluding carboxylic acids is 2. The molecule has 0 saturated heterocycles. The molecule has 0 aliphatic rings. The molecule has 31 heavy (non-hydrogen) atoms. The molecule has 2 amide bonds. The number of rotatable bonds is 8. The maximum absolute atomic E-state index is 12.8. The number of amides is 2. The van der Waals surface area contributed by atoms with Gasteiger partial charge in [-0.2, -0.15) is 5.26 Å². The molecule has 1 aromatic heterocycles. The molecule has 6 nitrogen and oxygen atoms in total. The summed E-state index contributed by atoms with van der Waals surface area (Å²) in [4.78, 5) is 26.7. The molecule has 1 heterocycles. The maximum Gasteiger partial charge on any atom is 0.291 e. The number of carbonyl (C=O) groups is 2. The lowest BCUT2D eigenvalue weighted by molar-refractivity contribution is -0.130. The maximum atomic E-state index is 12.8. The number of halogens is 1. The van der Waals surface area contributed by atoms with Crippen molar-refractivity contribution in [3.63, 3.8) is 0 Å². The van der Waals surface area contributed by atoms with Gasteiger partial charge < -0.3 is 14.6 Å². The van der Waals surface area contributed by atoms with E-state index in [-0.39, 0.29) is 24.0 Å². The fraction of sp³-hybridized carbons (Fsp3) is 0.125. The van der Waals surface area contributed by atoms with Crippen molar-refractivity contribution in [2.75, 3.05) is 11.9 Å². The van der Waals surface area contributed by atoms with Crippen molar-refractivity contribution in [3.05, 3.63) is 100 Å². The second kappa shape index (κ2) is 10.4. The zero-order valence-corrected chi connectivity index (χ0v) is 18.3. The lowest BCUT2D eigenvalue weighted by Gasteiger charge is -2.21. The van der Waals surface area contributed by atoms with E-state index in [1.165, 1.54) is 0 Å². The van der Waals surface area contributed by atoms with Gasteiger partial charge >= 0.3 is 0 Å². The molecule has 2 aromatic carbocycles. The van der Waals surface area contributed by atoms with Crippen LogP contribution in [0.25, 0.3) is 0 Å². The topological polar surface area (TPSA) is 86.3 Å². The van der Waals surface area contributed by atoms with E-state index in [0.29, 0.717) is 29.0 Å². The van der Waals surface area contributed by atoms with Crippen molar-refractivity contribution >= 4 is 33.4 Å². The Morgan fingerprint density at radius 2 is 1.74 bits per heavy atom. The van der Waals surface area contributed by atoms with Gasteiger partial charge in [0.1, 0.15) is 0 Å². The van der Waals surface area contributed by atoms with Crippen LogP contribution in [0, 0.1) is 11.3 Å². The van der Waals surface area contributed by atoms with Crippen LogP contribution >= 0.6 is 15.9 Å². The van der Waals surface area contributed by atoms with E-state index in [9.17, 15) is 9.59 Å². The minimum atomic E-state index is -0.353. The quantitative estimate of drug-likeness (QED) is 0.466. The number of nitriles is 1. The van der Waals surface area contributed by atoms with Crippen molar-refractivity contribution < 1.29 is 14.0 Å². The van der Waals surface area contributed by atoms with E-state index >= 15 is 0 Å². The molecular weight excluding hydrogens is 458 g/mol. The first-order chi connectivity index (χ1) is 15.0. The zero-order chi connectivity index (χ0) is 22.2. The molecule has 0 aliphatic heterocycles. The summed E-state index contributed by atoms with van der Waals surface area (Å²) in [6, 6.07) is 19.6. The van der Waals surface area contributed by atoms with Gasteiger partial charge in [0, 0.05) is 18.8 Å². The Hall–Kier alpha value is -3.63. The van der Waals surface area contributed by atoms with Crippen LogP contribution in [-0.4, -0.2) is 23.3 Å². The van der Waals surface area contributed by atoms with E-state index in [4.69, 9.17) is 9.68 Å². The summed E-state index contributed by atoms with van der Waals surface area (Å²) < 4.78 is 5.72. The Morgan fingerprint density at radius 1 is 1.06 bits per heavy atom. The molecular formula is C24H20BrN3O3. The van der Waals surface area contributed by atoms with Crippen molar-refractivity contribution in [1.29, 1.82) is 5.26 Å². The van der Waals surface area contributed by atoms with E-state index in [1.54, 1.807) is 59.5 Å². The van der Waals surface area contributed by atoms with Crippen LogP contribution in [0.1, 0.15) is 27.2 Å². The Bertz CT molecular complexity index is 1110. The molecule has 0 bridgehead atoms. The zero-order valence-electron chi connectivity index (χ0n) is 16.7. The van der Waals surface area contributed by atoms with Crippen molar-refractivity contribution in [3.8, 4) is 6.07 Å². The number of benzene rings is 2. The molecule has 7 heteroatoms. The normalized spacial score (nSPS) is 10.2. The van der Waals surface area contributed by atoms with Crippen LogP contribution < -0.4 is 5.32 Å². The van der Waals surface area contributed by atoms with E-state index in [2.05, 4.69) is 33.9 Å². The third kappa shape index (κ3) is 6.17. The van der Waals surface area contributed by atoms with Gasteiger partial charge in [0.05, 0.1) is 18.1 Å². The second-order valence-corrected chi connectivity index (χ2v) is 7.58. The fourth-order valence-electron chi connectivity index (χ4n) is 2.94. The minimum Gasteiger partial charge on any atom is -0.444 e. The monoisotopic (exact) mass is 477 g/mol. The Kier molecular flexibility index (Phi) is 7.41. The predicted molar refractivity (Wildman–Crippen MR) is 121 cm³/mol. The van der Waals surface area contributed by atoms with Crippen molar-refractivity contribution in [2.45, 2.75) is 13.0 Å². The first-order valence-corrected chi connectivity index (χ1v) is 10.3. The highest BCUT2D eigenvalue weighted by molar-refractivity contribution is 9.10. The smallest absolute Gasteiger partial charge is 0.291 e. The van der Waals surface area contributed by atoms with Gasteiger partial charge in [0.25, 0.3) is 5.91 Å². The molecule has 0 saturated carbocycles. The number of nitrogens with zero attached hydrogens (tertiary/aromatic N) is 2. The standard InChI is InChI=1S/C24H20BrN3O3/c1-2-13-28(16-19-5-3-18(15-26)4-6-19)23(29)14-17-7-9-20(10-8-17)27-24(30)21-11-12-22(25)31-21/h2-12H,1,13-14,16H2,(H,27,30).